The molecule has 0 unspecified atom stereocenters. The van der Waals surface area contributed by atoms with E-state index in [0.29, 0.717) is 17.1 Å². The number of halogens is 3. The quantitative estimate of drug-likeness (QED) is 0.218. The molecule has 0 aliphatic rings. The van der Waals surface area contributed by atoms with Crippen molar-refractivity contribution < 1.29 is 17.9 Å². The topological polar surface area (TPSA) is 31.2 Å². The molecule has 1 heterocycles. The molecule has 5 aromatic rings. The molecule has 0 aliphatic carbocycles. The lowest BCUT2D eigenvalue weighted by Gasteiger charge is -2.19. The molecule has 0 amide bonds. The second kappa shape index (κ2) is 10.9. The Bertz CT molecular complexity index is 1720. The van der Waals surface area contributed by atoms with Gasteiger partial charge >= 0.3 is 6.18 Å². The van der Waals surface area contributed by atoms with Gasteiger partial charge in [-0.3, -0.25) is 4.79 Å². The number of rotatable bonds is 6. The van der Waals surface area contributed by atoms with Crippen LogP contribution in [0.15, 0.2) is 108 Å². The van der Waals surface area contributed by atoms with E-state index in [0.717, 1.165) is 33.9 Å². The summed E-state index contributed by atoms with van der Waals surface area (Å²) in [6.45, 7) is 11.8. The fourth-order valence-electron chi connectivity index (χ4n) is 4.66. The largest absolute Gasteiger partial charge is 0.457 e. The third kappa shape index (κ3) is 5.71. The van der Waals surface area contributed by atoms with Gasteiger partial charge in [-0.2, -0.15) is 13.2 Å². The Morgan fingerprint density at radius 3 is 2.12 bits per heavy atom. The van der Waals surface area contributed by atoms with Crippen molar-refractivity contribution in [1.82, 2.24) is 4.57 Å². The molecule has 199 valence electrons. The van der Waals surface area contributed by atoms with Crippen molar-refractivity contribution in [1.29, 1.82) is 0 Å². The zero-order valence-corrected chi connectivity index (χ0v) is 21.9. The molecule has 5 rings (SSSR count). The molecule has 4 aromatic carbocycles. The Morgan fingerprint density at radius 2 is 1.45 bits per heavy atom. The maximum atomic E-state index is 13.8. The molecule has 1 aromatic heterocycles. The number of hydrogen-bond donors (Lipinski definition) is 0. The van der Waals surface area contributed by atoms with Gasteiger partial charge in [-0.05, 0) is 84.1 Å². The molecule has 0 fully saturated rings. The summed E-state index contributed by atoms with van der Waals surface area (Å²) >= 11 is 0. The SMILES string of the molecule is [C]c1c(C(F)(F)F)cc(-c2ccc(Oc3cccc(-c4ccccc4)c3)cc2)n(Cc2ccc(C)cc2C)c1=O. The highest BCUT2D eigenvalue weighted by Gasteiger charge is 2.35. The lowest BCUT2D eigenvalue weighted by Crippen LogP contribution is -2.28. The average Bonchev–Trinajstić information content (AvgIpc) is 2.93. The second-order valence-electron chi connectivity index (χ2n) is 9.66. The van der Waals surface area contributed by atoms with Gasteiger partial charge in [0.15, 0.2) is 0 Å². The summed E-state index contributed by atoms with van der Waals surface area (Å²) in [7, 11) is 0. The first-order valence-corrected chi connectivity index (χ1v) is 12.7. The molecule has 3 radical (unpaired) electrons. The van der Waals surface area contributed by atoms with Crippen LogP contribution in [0, 0.1) is 20.8 Å². The highest BCUT2D eigenvalue weighted by Crippen LogP contribution is 2.35. The van der Waals surface area contributed by atoms with E-state index in [1.165, 1.54) is 4.57 Å². The first-order valence-electron chi connectivity index (χ1n) is 12.7. The minimum Gasteiger partial charge on any atom is -0.457 e. The van der Waals surface area contributed by atoms with Gasteiger partial charge in [-0.1, -0.05) is 66.2 Å². The van der Waals surface area contributed by atoms with Gasteiger partial charge in [0, 0.05) is 12.5 Å². The lowest BCUT2D eigenvalue weighted by molar-refractivity contribution is -0.138. The van der Waals surface area contributed by atoms with Crippen LogP contribution in [0.3, 0.4) is 0 Å². The number of nitrogens with zero attached hydrogens (tertiary/aromatic N) is 1. The third-order valence-electron chi connectivity index (χ3n) is 6.76. The van der Waals surface area contributed by atoms with Crippen molar-refractivity contribution in [3.63, 3.8) is 0 Å². The fraction of sp³-hybridized carbons (Fsp3) is 0.118. The van der Waals surface area contributed by atoms with Crippen LogP contribution in [0.4, 0.5) is 13.2 Å². The minimum atomic E-state index is -4.84. The van der Waals surface area contributed by atoms with Crippen LogP contribution in [0.2, 0.25) is 0 Å². The Hall–Kier alpha value is -4.58. The molecule has 0 saturated carbocycles. The van der Waals surface area contributed by atoms with E-state index in [-0.39, 0.29) is 12.2 Å². The molecule has 3 nitrogen and oxygen atoms in total. The molecular formula is C34H25F3NO2. The predicted octanol–water partition coefficient (Wildman–Crippen LogP) is 8.59. The number of hydrogen-bond acceptors (Lipinski definition) is 2. The minimum absolute atomic E-state index is 0.0365. The van der Waals surface area contributed by atoms with Crippen molar-refractivity contribution in [2.45, 2.75) is 26.6 Å². The molecule has 0 spiro atoms. The van der Waals surface area contributed by atoms with Crippen LogP contribution >= 0.6 is 0 Å². The predicted molar refractivity (Wildman–Crippen MR) is 150 cm³/mol. The van der Waals surface area contributed by atoms with Crippen molar-refractivity contribution in [2.24, 2.45) is 0 Å². The number of pyridine rings is 1. The average molecular weight is 537 g/mol. The summed E-state index contributed by atoms with van der Waals surface area (Å²) in [5.41, 5.74) is 1.90. The summed E-state index contributed by atoms with van der Waals surface area (Å²) in [6, 6.07) is 30.6. The smallest absolute Gasteiger partial charge is 0.416 e. The Morgan fingerprint density at radius 1 is 0.750 bits per heavy atom. The van der Waals surface area contributed by atoms with Crippen molar-refractivity contribution >= 4 is 0 Å². The van der Waals surface area contributed by atoms with Crippen LogP contribution in [0.1, 0.15) is 27.8 Å². The van der Waals surface area contributed by atoms with Gasteiger partial charge in [-0.25, -0.2) is 0 Å². The summed E-state index contributed by atoms with van der Waals surface area (Å²) in [6.07, 6.45) is -4.84. The van der Waals surface area contributed by atoms with Crippen LogP contribution in [0.25, 0.3) is 22.4 Å². The fourth-order valence-corrected chi connectivity index (χ4v) is 4.66. The van der Waals surface area contributed by atoms with Gasteiger partial charge < -0.3 is 9.30 Å². The maximum Gasteiger partial charge on any atom is 0.416 e. The Balaban J connectivity index is 1.51. The first kappa shape index (κ1) is 27.0. The van der Waals surface area contributed by atoms with E-state index >= 15 is 0 Å². The zero-order valence-electron chi connectivity index (χ0n) is 21.9. The summed E-state index contributed by atoms with van der Waals surface area (Å²) in [4.78, 5) is 13.1. The van der Waals surface area contributed by atoms with E-state index < -0.39 is 22.9 Å². The van der Waals surface area contributed by atoms with Gasteiger partial charge in [-0.15, -0.1) is 0 Å². The molecular weight excluding hydrogens is 511 g/mol. The maximum absolute atomic E-state index is 13.8. The molecule has 0 aliphatic heterocycles. The first-order chi connectivity index (χ1) is 19.1. The lowest BCUT2D eigenvalue weighted by atomic mass is 10.0. The van der Waals surface area contributed by atoms with Crippen LogP contribution < -0.4 is 10.3 Å². The van der Waals surface area contributed by atoms with Crippen molar-refractivity contribution in [3.8, 4) is 33.9 Å². The molecule has 0 atom stereocenters. The number of aryl methyl sites for hydroxylation is 2. The van der Waals surface area contributed by atoms with E-state index in [1.54, 1.807) is 24.3 Å². The van der Waals surface area contributed by atoms with Gasteiger partial charge in [0.1, 0.15) is 11.5 Å². The van der Waals surface area contributed by atoms with Crippen molar-refractivity contribution in [2.75, 3.05) is 0 Å². The van der Waals surface area contributed by atoms with E-state index in [2.05, 4.69) is 0 Å². The molecule has 0 N–H and O–H groups in total. The van der Waals surface area contributed by atoms with Crippen molar-refractivity contribution in [3.05, 3.63) is 148 Å². The third-order valence-corrected chi connectivity index (χ3v) is 6.76. The normalized spacial score (nSPS) is 11.4. The summed E-state index contributed by atoms with van der Waals surface area (Å²) in [5.74, 6) is 1.10. The standard InChI is InChI=1S/C34H25F3NO2/c1-22-12-13-28(23(2)18-22)21-38-32(20-31(34(35,36)37)24(3)33(38)39)26-14-16-29(17-15-26)40-30-11-7-10-27(19-30)25-8-5-4-6-9-25/h4-20H,21H2,1-2H3. The van der Waals surface area contributed by atoms with Crippen LogP contribution in [0.5, 0.6) is 11.5 Å². The summed E-state index contributed by atoms with van der Waals surface area (Å²) in [5, 5.41) is 0. The molecule has 40 heavy (non-hydrogen) atoms. The van der Waals surface area contributed by atoms with Gasteiger partial charge in [0.25, 0.3) is 5.56 Å². The molecule has 0 bridgehead atoms. The number of aromatic nitrogens is 1. The highest BCUT2D eigenvalue weighted by molar-refractivity contribution is 5.66. The molecule has 6 heteroatoms. The zero-order chi connectivity index (χ0) is 28.4. The van der Waals surface area contributed by atoms with Crippen LogP contribution in [-0.4, -0.2) is 4.57 Å². The number of benzene rings is 4. The Labute approximate surface area is 231 Å². The summed E-state index contributed by atoms with van der Waals surface area (Å²) < 4.78 is 48.6. The highest BCUT2D eigenvalue weighted by atomic mass is 19.4. The number of alkyl halides is 3. The van der Waals surface area contributed by atoms with E-state index in [4.69, 9.17) is 11.7 Å². The van der Waals surface area contributed by atoms with E-state index in [9.17, 15) is 18.0 Å². The Kier molecular flexibility index (Phi) is 7.35. The van der Waals surface area contributed by atoms with Crippen LogP contribution in [-0.2, 0) is 12.7 Å². The second-order valence-corrected chi connectivity index (χ2v) is 9.66. The molecule has 0 saturated heterocycles. The van der Waals surface area contributed by atoms with Gasteiger partial charge in [0.2, 0.25) is 0 Å². The van der Waals surface area contributed by atoms with Gasteiger partial charge in [0.05, 0.1) is 17.8 Å². The monoisotopic (exact) mass is 536 g/mol. The number of ether oxygens (including phenoxy) is 1. The van der Waals surface area contributed by atoms with E-state index in [1.807, 2.05) is 86.6 Å².